The normalized spacial score (nSPS) is 20.7. The van der Waals surface area contributed by atoms with Crippen molar-refractivity contribution in [2.45, 2.75) is 32.9 Å². The second-order valence-corrected chi connectivity index (χ2v) is 5.52. The smallest absolute Gasteiger partial charge is 0.326 e. The van der Waals surface area contributed by atoms with E-state index in [-0.39, 0.29) is 6.61 Å². The van der Waals surface area contributed by atoms with Crippen LogP contribution in [-0.2, 0) is 25.7 Å². The molecule has 1 atom stereocenters. The van der Waals surface area contributed by atoms with E-state index in [1.165, 1.54) is 4.90 Å². The highest BCUT2D eigenvalue weighted by atomic mass is 16.5. The lowest BCUT2D eigenvalue weighted by molar-refractivity contribution is -0.154. The van der Waals surface area contributed by atoms with Crippen molar-refractivity contribution in [2.75, 3.05) is 6.61 Å². The Morgan fingerprint density at radius 1 is 1.24 bits per heavy atom. The van der Waals surface area contributed by atoms with Crippen LogP contribution in [0, 0.1) is 5.92 Å². The van der Waals surface area contributed by atoms with Crippen LogP contribution in [0.15, 0.2) is 30.3 Å². The fourth-order valence-corrected chi connectivity index (χ4v) is 2.50. The molecule has 5 heteroatoms. The molecule has 0 aromatic heterocycles. The van der Waals surface area contributed by atoms with Crippen LogP contribution < -0.4 is 0 Å². The standard InChI is InChI=1S/C16H19NO4/c1-4-21-15(20)12-13(18)16(2,3)17(14(12)19)10-11-8-6-5-7-9-11/h5-9,12H,4,10H2,1-3H3. The lowest BCUT2D eigenvalue weighted by Gasteiger charge is -2.29. The molecule has 0 bridgehead atoms. The number of ether oxygens (including phenoxy) is 1. The van der Waals surface area contributed by atoms with Crippen molar-refractivity contribution < 1.29 is 19.1 Å². The van der Waals surface area contributed by atoms with Crippen LogP contribution in [-0.4, -0.2) is 34.7 Å². The molecule has 0 saturated carbocycles. The molecule has 1 aromatic rings. The maximum atomic E-state index is 12.5. The number of rotatable bonds is 4. The summed E-state index contributed by atoms with van der Waals surface area (Å²) in [6.45, 7) is 5.42. The summed E-state index contributed by atoms with van der Waals surface area (Å²) < 4.78 is 4.85. The number of amides is 1. The molecular formula is C16H19NO4. The van der Waals surface area contributed by atoms with Gasteiger partial charge in [-0.3, -0.25) is 14.4 Å². The van der Waals surface area contributed by atoms with Crippen molar-refractivity contribution in [1.82, 2.24) is 4.90 Å². The third-order valence-electron chi connectivity index (χ3n) is 3.76. The van der Waals surface area contributed by atoms with Crippen molar-refractivity contribution in [2.24, 2.45) is 5.92 Å². The maximum absolute atomic E-state index is 12.5. The maximum Gasteiger partial charge on any atom is 0.326 e. The number of hydrogen-bond donors (Lipinski definition) is 0. The summed E-state index contributed by atoms with van der Waals surface area (Å²) in [6.07, 6.45) is 0. The van der Waals surface area contributed by atoms with Gasteiger partial charge in [0.25, 0.3) is 0 Å². The van der Waals surface area contributed by atoms with Gasteiger partial charge in [-0.1, -0.05) is 30.3 Å². The number of likely N-dealkylation sites (tertiary alicyclic amines) is 1. The Hall–Kier alpha value is -2.17. The van der Waals surface area contributed by atoms with Crippen molar-refractivity contribution in [3.05, 3.63) is 35.9 Å². The fourth-order valence-electron chi connectivity index (χ4n) is 2.50. The van der Waals surface area contributed by atoms with E-state index in [1.807, 2.05) is 30.3 Å². The Labute approximate surface area is 123 Å². The first-order chi connectivity index (χ1) is 9.89. The van der Waals surface area contributed by atoms with Gasteiger partial charge in [-0.15, -0.1) is 0 Å². The predicted octanol–water partition coefficient (Wildman–Crippen LogP) is 1.56. The summed E-state index contributed by atoms with van der Waals surface area (Å²) >= 11 is 0. The molecule has 0 aliphatic carbocycles. The second kappa shape index (κ2) is 5.68. The molecule has 1 aromatic carbocycles. The van der Waals surface area contributed by atoms with Gasteiger partial charge in [0.2, 0.25) is 5.91 Å². The second-order valence-electron chi connectivity index (χ2n) is 5.52. The third kappa shape index (κ3) is 2.68. The molecule has 5 nitrogen and oxygen atoms in total. The van der Waals surface area contributed by atoms with Crippen molar-refractivity contribution in [3.63, 3.8) is 0 Å². The first kappa shape index (κ1) is 15.2. The van der Waals surface area contributed by atoms with Crippen LogP contribution in [0.2, 0.25) is 0 Å². The molecule has 0 N–H and O–H groups in total. The molecule has 112 valence electrons. The van der Waals surface area contributed by atoms with E-state index >= 15 is 0 Å². The Morgan fingerprint density at radius 3 is 2.43 bits per heavy atom. The van der Waals surface area contributed by atoms with Crippen molar-refractivity contribution in [3.8, 4) is 0 Å². The molecule has 2 rings (SSSR count). The van der Waals surface area contributed by atoms with Crippen LogP contribution in [0.1, 0.15) is 26.3 Å². The summed E-state index contributed by atoms with van der Waals surface area (Å²) in [6, 6.07) is 9.38. The van der Waals surface area contributed by atoms with Gasteiger partial charge in [-0.2, -0.15) is 0 Å². The number of carbonyl (C=O) groups excluding carboxylic acids is 3. The zero-order chi connectivity index (χ0) is 15.6. The molecule has 21 heavy (non-hydrogen) atoms. The van der Waals surface area contributed by atoms with E-state index in [0.29, 0.717) is 6.54 Å². The molecule has 1 fully saturated rings. The minimum Gasteiger partial charge on any atom is -0.465 e. The summed E-state index contributed by atoms with van der Waals surface area (Å²) in [5.41, 5.74) is -0.0964. The highest BCUT2D eigenvalue weighted by Gasteiger charge is 2.56. The van der Waals surface area contributed by atoms with Gasteiger partial charge >= 0.3 is 5.97 Å². The van der Waals surface area contributed by atoms with Gasteiger partial charge in [0.15, 0.2) is 11.7 Å². The van der Waals surface area contributed by atoms with E-state index in [9.17, 15) is 14.4 Å². The van der Waals surface area contributed by atoms with E-state index in [2.05, 4.69) is 0 Å². The van der Waals surface area contributed by atoms with Crippen LogP contribution >= 0.6 is 0 Å². The third-order valence-corrected chi connectivity index (χ3v) is 3.76. The number of hydrogen-bond acceptors (Lipinski definition) is 4. The molecule has 1 amide bonds. The zero-order valence-electron chi connectivity index (χ0n) is 12.5. The summed E-state index contributed by atoms with van der Waals surface area (Å²) in [5, 5.41) is 0. The Bertz CT molecular complexity index is 565. The number of nitrogens with zero attached hydrogens (tertiary/aromatic N) is 1. The first-order valence-corrected chi connectivity index (χ1v) is 6.96. The minimum absolute atomic E-state index is 0.148. The van der Waals surface area contributed by atoms with E-state index in [0.717, 1.165) is 5.56 Å². The summed E-state index contributed by atoms with van der Waals surface area (Å²) in [5.74, 6) is -2.96. The van der Waals surface area contributed by atoms with Gasteiger partial charge in [0.05, 0.1) is 12.1 Å². The van der Waals surface area contributed by atoms with E-state index in [4.69, 9.17) is 4.74 Å². The van der Waals surface area contributed by atoms with Gasteiger partial charge in [-0.05, 0) is 26.3 Å². The van der Waals surface area contributed by atoms with E-state index < -0.39 is 29.1 Å². The largest absolute Gasteiger partial charge is 0.465 e. The lowest BCUT2D eigenvalue weighted by Crippen LogP contribution is -2.43. The molecule has 1 unspecified atom stereocenters. The summed E-state index contributed by atoms with van der Waals surface area (Å²) in [4.78, 5) is 38.2. The Morgan fingerprint density at radius 2 is 1.86 bits per heavy atom. The summed E-state index contributed by atoms with van der Waals surface area (Å²) in [7, 11) is 0. The molecule has 1 aliphatic rings. The van der Waals surface area contributed by atoms with E-state index in [1.54, 1.807) is 20.8 Å². The van der Waals surface area contributed by atoms with Crippen LogP contribution in [0.3, 0.4) is 0 Å². The van der Waals surface area contributed by atoms with Crippen LogP contribution in [0.4, 0.5) is 0 Å². The topological polar surface area (TPSA) is 63.7 Å². The highest BCUT2D eigenvalue weighted by Crippen LogP contribution is 2.32. The number of esters is 1. The molecule has 0 spiro atoms. The number of benzene rings is 1. The van der Waals surface area contributed by atoms with Crippen molar-refractivity contribution in [1.29, 1.82) is 0 Å². The first-order valence-electron chi connectivity index (χ1n) is 6.96. The average molecular weight is 289 g/mol. The van der Waals surface area contributed by atoms with Crippen molar-refractivity contribution >= 4 is 17.7 Å². The molecule has 0 radical (unpaired) electrons. The predicted molar refractivity (Wildman–Crippen MR) is 76.2 cm³/mol. The zero-order valence-corrected chi connectivity index (χ0v) is 12.5. The van der Waals surface area contributed by atoms with Crippen LogP contribution in [0.5, 0.6) is 0 Å². The number of carbonyl (C=O) groups is 3. The molecule has 1 aliphatic heterocycles. The SMILES string of the molecule is CCOC(=O)C1C(=O)N(Cc2ccccc2)C(C)(C)C1=O. The Kier molecular flexibility index (Phi) is 4.11. The highest BCUT2D eigenvalue weighted by molar-refractivity contribution is 6.24. The number of ketones is 1. The monoisotopic (exact) mass is 289 g/mol. The number of Topliss-reactive ketones (excluding diaryl/α,β-unsaturated/α-hetero) is 1. The molecular weight excluding hydrogens is 270 g/mol. The quantitative estimate of drug-likeness (QED) is 0.623. The van der Waals surface area contributed by atoms with Gasteiger partial charge in [-0.25, -0.2) is 0 Å². The van der Waals surface area contributed by atoms with Gasteiger partial charge in [0, 0.05) is 6.54 Å². The van der Waals surface area contributed by atoms with Gasteiger partial charge < -0.3 is 9.64 Å². The lowest BCUT2D eigenvalue weighted by atomic mass is 9.94. The average Bonchev–Trinajstić information content (AvgIpc) is 2.61. The Balaban J connectivity index is 2.28. The molecule has 1 heterocycles. The minimum atomic E-state index is -1.33. The van der Waals surface area contributed by atoms with Crippen LogP contribution in [0.25, 0.3) is 0 Å². The molecule has 1 saturated heterocycles. The van der Waals surface area contributed by atoms with Gasteiger partial charge in [0.1, 0.15) is 0 Å². The fraction of sp³-hybridized carbons (Fsp3) is 0.438.